The molecule has 21 heteroatoms. The summed E-state index contributed by atoms with van der Waals surface area (Å²) in [5, 5.41) is 0. The monoisotopic (exact) mass is 436 g/mol. The third-order valence-electron chi connectivity index (χ3n) is 0. The van der Waals surface area contributed by atoms with Crippen LogP contribution in [0.5, 0.6) is 0 Å². The molecule has 0 fully saturated rings. The Kier molecular flexibility index (Phi) is 58.5. The van der Waals surface area contributed by atoms with Crippen LogP contribution in [-0.2, 0) is 0 Å². The van der Waals surface area contributed by atoms with Crippen molar-refractivity contribution in [3.05, 3.63) is 0 Å². The van der Waals surface area contributed by atoms with E-state index in [1.54, 1.807) is 0 Å². The van der Waals surface area contributed by atoms with Gasteiger partial charge in [-0.25, -0.2) is 0 Å². The summed E-state index contributed by atoms with van der Waals surface area (Å²) >= 11 is 3.64. The van der Waals surface area contributed by atoms with E-state index in [0.717, 1.165) is 0 Å². The summed E-state index contributed by atoms with van der Waals surface area (Å²) < 4.78 is 6.47. The quantitative estimate of drug-likeness (QED) is 0.345. The van der Waals surface area contributed by atoms with Crippen LogP contribution in [0.15, 0.2) is 0 Å². The number of rotatable bonds is 0. The zero-order chi connectivity index (χ0) is 15.5. The van der Waals surface area contributed by atoms with Crippen molar-refractivity contribution in [1.82, 2.24) is 0 Å². The predicted molar refractivity (Wildman–Crippen MR) is 48.3 cm³/mol. The largest absolute Gasteiger partial charge is 3.00 e. The number of hydrogen-bond donors (Lipinski definition) is 1. The average molecular weight is 437 g/mol. The van der Waals surface area contributed by atoms with E-state index in [2.05, 4.69) is 11.9 Å². The van der Waals surface area contributed by atoms with Gasteiger partial charge in [-0.2, -0.15) is 0 Å². The number of halogens is 1. The van der Waals surface area contributed by atoms with E-state index < -0.39 is 27.1 Å². The van der Waals surface area contributed by atoms with E-state index in [1.807, 2.05) is 0 Å². The Morgan fingerprint density at radius 3 is 0.381 bits per heavy atom. The topological polar surface area (TPSA) is 297 Å². The predicted octanol–water partition coefficient (Wildman–Crippen LogP) is -16.8. The second-order valence-corrected chi connectivity index (χ2v) is 4.50. The van der Waals surface area contributed by atoms with E-state index in [4.69, 9.17) is 62.2 Å². The second-order valence-electron chi connectivity index (χ2n) is 1.50. The molecule has 0 aliphatic carbocycles. The maximum Gasteiger partial charge on any atom is 3.00 e. The fourth-order valence-corrected chi connectivity index (χ4v) is 0. The van der Waals surface area contributed by atoms with Gasteiger partial charge in [-0.05, 0) is 0 Å². The van der Waals surface area contributed by atoms with Crippen LogP contribution in [0.2, 0.25) is 0 Å². The van der Waals surface area contributed by atoms with Crippen molar-refractivity contribution in [3.8, 4) is 0 Å². The molecule has 0 heterocycles. The molecule has 0 unspecified atom stereocenters. The molecule has 0 aliphatic heterocycles. The van der Waals surface area contributed by atoms with Gasteiger partial charge >= 0.3 is 69.4 Å². The van der Waals surface area contributed by atoms with Gasteiger partial charge in [-0.15, -0.1) is 0 Å². The molecule has 0 rings (SSSR count). The van der Waals surface area contributed by atoms with E-state index in [9.17, 15) is 0 Å². The summed E-state index contributed by atoms with van der Waals surface area (Å²) in [6, 6.07) is 0. The summed E-state index contributed by atoms with van der Waals surface area (Å²) in [6.07, 6.45) is 0. The molecule has 0 aromatic heterocycles. The van der Waals surface area contributed by atoms with Crippen LogP contribution in [0.25, 0.3) is 0 Å². The van der Waals surface area contributed by atoms with Gasteiger partial charge in [-0.1, -0.05) is 0 Å². The van der Waals surface area contributed by atoms with Gasteiger partial charge in [0.15, 0.2) is 0 Å². The molecule has 0 atom stereocenters. The van der Waals surface area contributed by atoms with Crippen molar-refractivity contribution in [2.45, 2.75) is 0 Å². The normalized spacial score (nSPS) is 8.86. The standard InChI is InChI=1S/4Al.ClHO.3O4Si/c;;;;1-2;3*1-5(2,3)4/h;;;;2H;;;/q4*+3;;3*-4. The maximum absolute atomic E-state index is 8.58. The van der Waals surface area contributed by atoms with Gasteiger partial charge in [-0.3, -0.25) is 4.66 Å². The van der Waals surface area contributed by atoms with Gasteiger partial charge in [0.1, 0.15) is 0 Å². The minimum atomic E-state index is -5.61. The van der Waals surface area contributed by atoms with Crippen LogP contribution < -0.4 is 57.5 Å². The van der Waals surface area contributed by atoms with Gasteiger partial charge in [0.2, 0.25) is 0 Å². The number of hydrogen-bond acceptors (Lipinski definition) is 13. The SMILES string of the molecule is OCl.[Al+3].[Al+3].[Al+3].[Al+3].[O-][Si]([O-])([O-])[O-].[O-][Si]([O-])([O-])[O-].[O-][Si]([O-])([O-])[O-]. The van der Waals surface area contributed by atoms with Gasteiger partial charge in [0.05, 0.1) is 11.9 Å². The van der Waals surface area contributed by atoms with Crippen molar-refractivity contribution >= 4 is 108 Å². The molecule has 0 aromatic rings. The van der Waals surface area contributed by atoms with Crippen molar-refractivity contribution in [2.75, 3.05) is 0 Å². The summed E-state index contributed by atoms with van der Waals surface area (Å²) in [6.45, 7) is 0. The van der Waals surface area contributed by atoms with E-state index in [1.165, 1.54) is 0 Å². The van der Waals surface area contributed by atoms with Crippen LogP contribution in [0, 0.1) is 0 Å². The molecular weight excluding hydrogens is 436 g/mol. The molecule has 0 bridgehead atoms. The first kappa shape index (κ1) is 49.5. The minimum Gasteiger partial charge on any atom is -0.894 e. The molecule has 0 aliphatic rings. The van der Waals surface area contributed by atoms with E-state index in [0.29, 0.717) is 0 Å². The van der Waals surface area contributed by atoms with Gasteiger partial charge in [0, 0.05) is 0 Å². The summed E-state index contributed by atoms with van der Waals surface area (Å²) in [4.78, 5) is 103. The summed E-state index contributed by atoms with van der Waals surface area (Å²) in [5.74, 6) is 0. The molecule has 110 valence electrons. The Balaban J connectivity index is -0.0000000174. The fourth-order valence-electron chi connectivity index (χ4n) is 0. The van der Waals surface area contributed by atoms with Gasteiger partial charge in [0.25, 0.3) is 0 Å². The van der Waals surface area contributed by atoms with Crippen LogP contribution in [0.3, 0.4) is 0 Å². The first-order valence-electron chi connectivity index (χ1n) is 2.62. The summed E-state index contributed by atoms with van der Waals surface area (Å²) in [5.41, 5.74) is 0. The molecule has 13 nitrogen and oxygen atoms in total. The van der Waals surface area contributed by atoms with Crippen LogP contribution in [0.4, 0.5) is 0 Å². The second kappa shape index (κ2) is 24.8. The Morgan fingerprint density at radius 1 is 0.381 bits per heavy atom. The molecule has 0 saturated carbocycles. The fraction of sp³-hybridized carbons (Fsp3) is 0. The Hall–Kier alpha value is 2.55. The first-order valence-corrected chi connectivity index (χ1v) is 7.86. The Bertz CT molecular complexity index is 106. The molecule has 0 radical (unpaired) electrons. The molecule has 0 saturated heterocycles. The van der Waals surface area contributed by atoms with Crippen LogP contribution >= 0.6 is 11.9 Å². The van der Waals surface area contributed by atoms with Gasteiger partial charge < -0.3 is 84.7 Å². The zero-order valence-electron chi connectivity index (χ0n) is 9.53. The van der Waals surface area contributed by atoms with Crippen molar-refractivity contribution in [3.63, 3.8) is 0 Å². The Morgan fingerprint density at radius 2 is 0.381 bits per heavy atom. The van der Waals surface area contributed by atoms with Crippen molar-refractivity contribution < 1.29 is 62.2 Å². The summed E-state index contributed by atoms with van der Waals surface area (Å²) in [7, 11) is -16.8. The smallest absolute Gasteiger partial charge is 0.894 e. The van der Waals surface area contributed by atoms with Crippen LogP contribution in [-0.4, -0.2) is 101 Å². The average Bonchev–Trinajstić information content (AvgIpc) is 1.77. The third-order valence-corrected chi connectivity index (χ3v) is 0. The molecule has 0 amide bonds. The first-order chi connectivity index (χ1) is 7.00. The van der Waals surface area contributed by atoms with Crippen molar-refractivity contribution in [2.24, 2.45) is 0 Å². The molecule has 0 aromatic carbocycles. The maximum atomic E-state index is 8.58. The minimum absolute atomic E-state index is 0. The molecule has 1 N–H and O–H groups in total. The molecule has 0 spiro atoms. The van der Waals surface area contributed by atoms with Crippen LogP contribution in [0.1, 0.15) is 0 Å². The molecular formula is HAl4ClO13Si3. The Labute approximate surface area is 169 Å². The molecule has 21 heavy (non-hydrogen) atoms. The van der Waals surface area contributed by atoms with E-state index in [-0.39, 0.29) is 69.4 Å². The zero-order valence-corrected chi connectivity index (χ0v) is 17.9. The van der Waals surface area contributed by atoms with E-state index >= 15 is 0 Å². The van der Waals surface area contributed by atoms with Crippen molar-refractivity contribution in [1.29, 1.82) is 0 Å². The third kappa shape index (κ3) is 1460.